The van der Waals surface area contributed by atoms with Gasteiger partial charge in [-0.3, -0.25) is 43.4 Å². The Bertz CT molecular complexity index is 1280. The topological polar surface area (TPSA) is 311 Å². The number of imide groups is 2. The Morgan fingerprint density at radius 3 is 1.51 bits per heavy atom. The van der Waals surface area contributed by atoms with Crippen LogP contribution in [0.3, 0.4) is 0 Å². The number of hydrogen-bond acceptors (Lipinski definition) is 17. The second kappa shape index (κ2) is 18.8. The molecule has 0 bridgehead atoms. The predicted octanol–water partition coefficient (Wildman–Crippen LogP) is -2.48. The summed E-state index contributed by atoms with van der Waals surface area (Å²) in [7, 11) is 1.26. The highest BCUT2D eigenvalue weighted by Gasteiger charge is 2.80. The number of cyclic esters (lactones) is 4. The Kier molecular flexibility index (Phi) is 17.5. The number of Topliss-reactive ketones (excluding diaryl/α,β-unsaturated/α-hetero) is 2. The summed E-state index contributed by atoms with van der Waals surface area (Å²) in [5.41, 5.74) is 2.39. The van der Waals surface area contributed by atoms with E-state index in [0.29, 0.717) is 6.42 Å². The van der Waals surface area contributed by atoms with E-state index in [1.807, 2.05) is 0 Å². The van der Waals surface area contributed by atoms with Crippen LogP contribution in [0.2, 0.25) is 0 Å². The summed E-state index contributed by atoms with van der Waals surface area (Å²) in [6.45, 7) is 7.31. The van der Waals surface area contributed by atoms with Gasteiger partial charge in [0.15, 0.2) is 11.6 Å². The van der Waals surface area contributed by atoms with Gasteiger partial charge in [-0.15, -0.1) is 23.8 Å². The zero-order valence-corrected chi connectivity index (χ0v) is 30.5. The first kappa shape index (κ1) is 43.6. The summed E-state index contributed by atoms with van der Waals surface area (Å²) >= 11 is 3.47. The zero-order valence-electron chi connectivity index (χ0n) is 26.1. The molecule has 4 fully saturated rings. The summed E-state index contributed by atoms with van der Waals surface area (Å²) in [6.07, 6.45) is 0.0363. The quantitative estimate of drug-likeness (QED) is 0.0315. The SMILES string of the molecule is CCCC(=O)C(OC=O)(C(=O)O)C(=O)CC.CCN1C(=O)C2(C(=O)N(C)C2=O)C1=O.NCN.O=C1OC(=O)C12C(=O)OC2=O.PI.[2H]I. The Labute approximate surface area is 298 Å². The minimum atomic E-state index is -2.66. The molecule has 0 aromatic rings. The fourth-order valence-electron chi connectivity index (χ4n) is 4.00. The number of carbonyl (C=O) groups excluding carboxylic acids is 11. The molecule has 0 aromatic carbocycles. The molecule has 0 radical (unpaired) electrons. The van der Waals surface area contributed by atoms with Crippen molar-refractivity contribution in [2.24, 2.45) is 22.3 Å². The van der Waals surface area contributed by atoms with Gasteiger partial charge in [-0.1, -0.05) is 42.8 Å². The van der Waals surface area contributed by atoms with Crippen LogP contribution in [-0.2, 0) is 71.7 Å². The number of rotatable bonds is 9. The molecule has 2 atom stereocenters. The number of esters is 4. The number of nitrogens with zero attached hydrogens (tertiary/aromatic N) is 2. The summed E-state index contributed by atoms with van der Waals surface area (Å²) in [6, 6.07) is 0. The predicted molar refractivity (Wildman–Crippen MR) is 172 cm³/mol. The Hall–Kier alpha value is -3.35. The van der Waals surface area contributed by atoms with Crippen molar-refractivity contribution in [2.75, 3.05) is 20.3 Å². The number of carboxylic acids is 1. The van der Waals surface area contributed by atoms with Crippen molar-refractivity contribution in [1.82, 2.24) is 9.80 Å². The molecule has 4 rings (SSSR count). The Balaban J connectivity index is 0. The molecule has 20 nitrogen and oxygen atoms in total. The molecule has 4 aliphatic rings. The normalized spacial score (nSPS) is 18.4. The van der Waals surface area contributed by atoms with Crippen molar-refractivity contribution in [2.45, 2.75) is 45.6 Å². The van der Waals surface area contributed by atoms with Crippen LogP contribution in [0.5, 0.6) is 0 Å². The number of hydrogen-bond donors (Lipinski definition) is 3. The summed E-state index contributed by atoms with van der Waals surface area (Å²) in [4.78, 5) is 133. The number of β-lactam (4-membered cyclic amide) rings is 4. The van der Waals surface area contributed by atoms with Gasteiger partial charge >= 0.3 is 40.9 Å². The van der Waals surface area contributed by atoms with Crippen LogP contribution in [0.4, 0.5) is 0 Å². The Morgan fingerprint density at radius 2 is 1.28 bits per heavy atom. The van der Waals surface area contributed by atoms with Crippen molar-refractivity contribution in [3.05, 3.63) is 0 Å². The number of aliphatic carboxylic acids is 1. The smallest absolute Gasteiger partial charge is 0.364 e. The number of carboxylic acid groups (broad SMARTS) is 1. The van der Waals surface area contributed by atoms with Gasteiger partial charge < -0.3 is 30.8 Å². The third-order valence-corrected chi connectivity index (χ3v) is 6.40. The van der Waals surface area contributed by atoms with E-state index in [9.17, 15) is 57.5 Å². The largest absolute Gasteiger partial charge is 0.478 e. The van der Waals surface area contributed by atoms with E-state index in [4.69, 9.17) is 5.70 Å². The molecule has 23 heteroatoms. The molecule has 4 saturated heterocycles. The van der Waals surface area contributed by atoms with Gasteiger partial charge in [0.1, 0.15) is 0.594 Å². The first-order valence-corrected chi connectivity index (χ1v) is 16.9. The fraction of sp³-hybridized carbons (Fsp3) is 0.500. The summed E-state index contributed by atoms with van der Waals surface area (Å²) in [5.74, 6) is -10.9. The highest BCUT2D eigenvalue weighted by Crippen LogP contribution is 2.44. The van der Waals surface area contributed by atoms with E-state index in [-0.39, 0.29) is 32.5 Å². The van der Waals surface area contributed by atoms with Crippen molar-refractivity contribution >= 4 is 124 Å². The molecular weight excluding hydrogens is 885 g/mol. The van der Waals surface area contributed by atoms with E-state index in [1.165, 1.54) is 37.7 Å². The average molecular weight is 917 g/mol. The van der Waals surface area contributed by atoms with E-state index >= 15 is 0 Å². The number of amides is 4. The highest BCUT2D eigenvalue weighted by molar-refractivity contribution is 14.2. The number of halogens is 2. The maximum Gasteiger partial charge on any atom is 0.364 e. The third kappa shape index (κ3) is 7.39. The second-order valence-corrected chi connectivity index (χ2v) is 8.76. The first-order chi connectivity index (χ1) is 22.5. The van der Waals surface area contributed by atoms with E-state index in [2.05, 4.69) is 54.6 Å². The van der Waals surface area contributed by atoms with Crippen LogP contribution >= 0.6 is 52.7 Å². The molecule has 2 spiro atoms. The van der Waals surface area contributed by atoms with E-state index in [1.54, 1.807) is 13.8 Å². The maximum atomic E-state index is 11.6. The maximum absolute atomic E-state index is 11.6. The molecule has 4 aliphatic heterocycles. The monoisotopic (exact) mass is 917 g/mol. The van der Waals surface area contributed by atoms with Crippen LogP contribution in [0, 0.1) is 10.8 Å². The molecule has 0 saturated carbocycles. The lowest BCUT2D eigenvalue weighted by Gasteiger charge is -2.51. The van der Waals surface area contributed by atoms with Crippen LogP contribution in [0.15, 0.2) is 0 Å². The van der Waals surface area contributed by atoms with Crippen LogP contribution < -0.4 is 11.5 Å². The van der Waals surface area contributed by atoms with Gasteiger partial charge in [-0.2, -0.15) is 0 Å². The fourth-order valence-corrected chi connectivity index (χ4v) is 4.00. The number of likely N-dealkylation sites (tertiary alicyclic amines) is 2. The van der Waals surface area contributed by atoms with Gasteiger partial charge in [0.25, 0.3) is 35.5 Å². The van der Waals surface area contributed by atoms with Crippen molar-refractivity contribution in [3.8, 4) is 0 Å². The second-order valence-electron chi connectivity index (χ2n) is 8.76. The third-order valence-electron chi connectivity index (χ3n) is 6.40. The molecule has 4 heterocycles. The average Bonchev–Trinajstić information content (AvgIpc) is 3.06. The van der Waals surface area contributed by atoms with Crippen LogP contribution in [0.1, 0.15) is 40.0 Å². The zero-order chi connectivity index (χ0) is 38.4. The number of ether oxygens (including phenoxy) is 3. The van der Waals surface area contributed by atoms with Crippen molar-refractivity contribution in [3.63, 3.8) is 0 Å². The molecule has 0 aromatic heterocycles. The standard InChI is InChI=1S/C10H14O6.C8H8N2O4.C5O6.CH6N2.H2IP.HI/c1-3-5-8(13)10(9(14)15,16-6-11)7(12)4-2;1-3-10-6(13)8(7(10)14)4(11)9(2)5(8)12;6-1-5(2(7)10-1)3(8)11-4(5)9;2-1-3;1-2;/h6H,3-5H2,1-2H3,(H,14,15);3H2,1-2H3;;1-3H2;2H2;1H/i/hD. The highest BCUT2D eigenvalue weighted by atomic mass is 127. The van der Waals surface area contributed by atoms with Gasteiger partial charge in [0, 0.05) is 33.1 Å². The molecule has 47 heavy (non-hydrogen) atoms. The lowest BCUT2D eigenvalue weighted by molar-refractivity contribution is -0.224. The van der Waals surface area contributed by atoms with Crippen LogP contribution in [-0.4, -0.2) is 113 Å². The van der Waals surface area contributed by atoms with Gasteiger partial charge in [0.05, 0.1) is 0 Å². The lowest BCUT2D eigenvalue weighted by atomic mass is 9.69. The first-order valence-electron chi connectivity index (χ1n) is 13.1. The summed E-state index contributed by atoms with van der Waals surface area (Å²) in [5, 5.41) is 8.93. The summed E-state index contributed by atoms with van der Waals surface area (Å²) < 4.78 is 17.7. The molecular formula is C24H31I2N4O16P. The molecule has 262 valence electrons. The lowest BCUT2D eigenvalue weighted by Crippen LogP contribution is -2.83. The van der Waals surface area contributed by atoms with E-state index in [0.717, 1.165) is 9.80 Å². The van der Waals surface area contributed by atoms with Gasteiger partial charge in [-0.25, -0.2) is 24.0 Å². The molecule has 5 N–H and O–H groups in total. The van der Waals surface area contributed by atoms with Gasteiger partial charge in [-0.05, 0) is 13.3 Å². The van der Waals surface area contributed by atoms with Crippen molar-refractivity contribution in [1.29, 1.82) is 0.594 Å². The minimum absolute atomic E-state index is 0.133. The Morgan fingerprint density at radius 1 is 0.894 bits per heavy atom. The number of ketones is 2. The molecule has 2 unspecified atom stereocenters. The van der Waals surface area contributed by atoms with Crippen LogP contribution in [0.25, 0.3) is 0 Å². The molecule has 0 aliphatic carbocycles. The number of nitrogens with two attached hydrogens (primary N) is 2. The van der Waals surface area contributed by atoms with Crippen molar-refractivity contribution < 1.29 is 76.9 Å². The van der Waals surface area contributed by atoms with E-state index < -0.39 is 81.5 Å². The van der Waals surface area contributed by atoms with Gasteiger partial charge in [0.2, 0.25) is 0 Å². The molecule has 4 amide bonds. The minimum Gasteiger partial charge on any atom is -0.478 e. The number of carbonyl (C=O) groups is 12.